The van der Waals surface area contributed by atoms with Gasteiger partial charge in [0.1, 0.15) is 6.04 Å². The van der Waals surface area contributed by atoms with E-state index in [1.165, 1.54) is 33.3 Å². The van der Waals surface area contributed by atoms with Gasteiger partial charge in [-0.1, -0.05) is 19.1 Å². The SMILES string of the molecule is CCc1csc(C(Cc2ccc(NS(=O)(=O)O)cc2)C(C(N)=O)N2CCN(CC)C(=O)C2=O)n1. The van der Waals surface area contributed by atoms with E-state index in [0.717, 1.165) is 11.3 Å². The first-order chi connectivity index (χ1) is 16.0. The quantitative estimate of drug-likeness (QED) is 0.315. The summed E-state index contributed by atoms with van der Waals surface area (Å²) in [5.41, 5.74) is 7.49. The highest BCUT2D eigenvalue weighted by atomic mass is 32.2. The van der Waals surface area contributed by atoms with E-state index in [4.69, 9.17) is 10.3 Å². The Morgan fingerprint density at radius 3 is 2.41 bits per heavy atom. The molecule has 3 rings (SSSR count). The first-order valence-corrected chi connectivity index (χ1v) is 13.0. The molecule has 184 valence electrons. The summed E-state index contributed by atoms with van der Waals surface area (Å²) in [4.78, 5) is 45.3. The number of nitrogens with zero attached hydrogens (tertiary/aromatic N) is 3. The van der Waals surface area contributed by atoms with Crippen molar-refractivity contribution >= 4 is 45.0 Å². The lowest BCUT2D eigenvalue weighted by Gasteiger charge is -2.39. The van der Waals surface area contributed by atoms with Crippen molar-refractivity contribution in [2.75, 3.05) is 24.4 Å². The molecule has 0 aliphatic carbocycles. The average Bonchev–Trinajstić information content (AvgIpc) is 3.25. The summed E-state index contributed by atoms with van der Waals surface area (Å²) in [5, 5.41) is 2.49. The Kier molecular flexibility index (Phi) is 7.89. The Bertz CT molecular complexity index is 1160. The van der Waals surface area contributed by atoms with Crippen LogP contribution in [0, 0.1) is 0 Å². The number of rotatable bonds is 10. The summed E-state index contributed by atoms with van der Waals surface area (Å²) in [6.07, 6.45) is 0.943. The minimum Gasteiger partial charge on any atom is -0.368 e. The first-order valence-electron chi connectivity index (χ1n) is 10.7. The number of aromatic nitrogens is 1. The molecule has 2 unspecified atom stereocenters. The molecule has 1 aliphatic heterocycles. The van der Waals surface area contributed by atoms with Crippen LogP contribution in [-0.2, 0) is 37.5 Å². The van der Waals surface area contributed by atoms with Gasteiger partial charge in [-0.05, 0) is 37.5 Å². The van der Waals surface area contributed by atoms with Crippen molar-refractivity contribution < 1.29 is 27.4 Å². The normalized spacial score (nSPS) is 16.4. The minimum atomic E-state index is -4.41. The van der Waals surface area contributed by atoms with Crippen LogP contribution in [-0.4, -0.2) is 71.2 Å². The van der Waals surface area contributed by atoms with E-state index in [2.05, 4.69) is 4.98 Å². The van der Waals surface area contributed by atoms with Gasteiger partial charge in [0.15, 0.2) is 0 Å². The van der Waals surface area contributed by atoms with Gasteiger partial charge in [-0.15, -0.1) is 11.3 Å². The molecule has 13 heteroatoms. The third-order valence-corrected chi connectivity index (χ3v) is 7.16. The van der Waals surface area contributed by atoms with Crippen LogP contribution in [0.15, 0.2) is 29.6 Å². The number of hydrogen-bond donors (Lipinski definition) is 3. The van der Waals surface area contributed by atoms with Crippen molar-refractivity contribution in [2.24, 2.45) is 5.73 Å². The highest BCUT2D eigenvalue weighted by Crippen LogP contribution is 2.32. The number of thiazole rings is 1. The summed E-state index contributed by atoms with van der Waals surface area (Å²) in [5.74, 6) is -2.81. The van der Waals surface area contributed by atoms with Gasteiger partial charge >= 0.3 is 22.1 Å². The highest BCUT2D eigenvalue weighted by molar-refractivity contribution is 7.87. The Morgan fingerprint density at radius 1 is 1.21 bits per heavy atom. The van der Waals surface area contributed by atoms with Gasteiger partial charge in [0.25, 0.3) is 0 Å². The zero-order valence-corrected chi connectivity index (χ0v) is 20.4. The standard InChI is InChI=1S/C21H27N5O6S2/c1-3-14-12-33-19(23-14)16(11-13-5-7-15(8-6-13)24-34(30,31)32)17(18(22)27)26-10-9-25(4-2)20(28)21(26)29/h5-8,12,16-17,24H,3-4,9-11H2,1-2H3,(H2,22,27)(H,30,31,32). The summed E-state index contributed by atoms with van der Waals surface area (Å²) in [6, 6.07) is 5.10. The molecule has 34 heavy (non-hydrogen) atoms. The van der Waals surface area contributed by atoms with Gasteiger partial charge in [0, 0.05) is 30.9 Å². The Morgan fingerprint density at radius 2 is 1.88 bits per heavy atom. The fourth-order valence-electron chi connectivity index (χ4n) is 3.93. The zero-order valence-electron chi connectivity index (χ0n) is 18.8. The minimum absolute atomic E-state index is 0.160. The van der Waals surface area contributed by atoms with Crippen molar-refractivity contribution in [3.8, 4) is 0 Å². The molecule has 2 atom stereocenters. The second kappa shape index (κ2) is 10.5. The van der Waals surface area contributed by atoms with Crippen molar-refractivity contribution in [3.05, 3.63) is 45.9 Å². The second-order valence-corrected chi connectivity index (χ2v) is 9.89. The monoisotopic (exact) mass is 509 g/mol. The lowest BCUT2D eigenvalue weighted by atomic mass is 9.90. The number of anilines is 1. The maximum absolute atomic E-state index is 12.9. The van der Waals surface area contributed by atoms with Gasteiger partial charge in [0.05, 0.1) is 16.4 Å². The number of benzene rings is 1. The van der Waals surface area contributed by atoms with Crippen molar-refractivity contribution in [1.82, 2.24) is 14.8 Å². The molecule has 0 radical (unpaired) electrons. The molecule has 0 spiro atoms. The molecule has 2 aromatic rings. The van der Waals surface area contributed by atoms with Gasteiger partial charge in [0.2, 0.25) is 5.91 Å². The largest absolute Gasteiger partial charge is 0.368 e. The molecule has 2 heterocycles. The summed E-state index contributed by atoms with van der Waals surface area (Å²) >= 11 is 1.35. The molecule has 1 saturated heterocycles. The highest BCUT2D eigenvalue weighted by Gasteiger charge is 2.43. The van der Waals surface area contributed by atoms with Crippen LogP contribution in [0.3, 0.4) is 0 Å². The molecule has 3 amide bonds. The average molecular weight is 510 g/mol. The molecular weight excluding hydrogens is 482 g/mol. The number of aryl methyl sites for hydroxylation is 1. The third kappa shape index (κ3) is 5.90. The molecule has 0 saturated carbocycles. The number of likely N-dealkylation sites (N-methyl/N-ethyl adjacent to an activating group) is 1. The van der Waals surface area contributed by atoms with E-state index in [0.29, 0.717) is 24.5 Å². The molecule has 1 aromatic heterocycles. The molecular formula is C21H27N5O6S2. The van der Waals surface area contributed by atoms with E-state index in [9.17, 15) is 22.8 Å². The van der Waals surface area contributed by atoms with Gasteiger partial charge in [-0.25, -0.2) is 4.98 Å². The van der Waals surface area contributed by atoms with E-state index in [1.807, 2.05) is 17.0 Å². The van der Waals surface area contributed by atoms with E-state index < -0.39 is 40.0 Å². The summed E-state index contributed by atoms with van der Waals surface area (Å²) < 4.78 is 33.0. The number of primary amides is 1. The van der Waals surface area contributed by atoms with Gasteiger partial charge in [-0.2, -0.15) is 8.42 Å². The molecule has 11 nitrogen and oxygen atoms in total. The number of nitrogens with two attached hydrogens (primary N) is 1. The molecule has 1 fully saturated rings. The third-order valence-electron chi connectivity index (χ3n) is 5.64. The van der Waals surface area contributed by atoms with Crippen molar-refractivity contribution in [3.63, 3.8) is 0 Å². The van der Waals surface area contributed by atoms with Crippen LogP contribution in [0.5, 0.6) is 0 Å². The molecule has 4 N–H and O–H groups in total. The van der Waals surface area contributed by atoms with E-state index in [-0.39, 0.29) is 18.7 Å². The lowest BCUT2D eigenvalue weighted by molar-refractivity contribution is -0.159. The van der Waals surface area contributed by atoms with E-state index >= 15 is 0 Å². The number of carbonyl (C=O) groups excluding carboxylic acids is 3. The second-order valence-electron chi connectivity index (χ2n) is 7.85. The number of carbonyl (C=O) groups is 3. The number of hydrogen-bond acceptors (Lipinski definition) is 7. The maximum atomic E-state index is 12.9. The predicted molar refractivity (Wildman–Crippen MR) is 126 cm³/mol. The smallest absolute Gasteiger partial charge is 0.357 e. The fourth-order valence-corrected chi connectivity index (χ4v) is 5.39. The molecule has 0 bridgehead atoms. The van der Waals surface area contributed by atoms with Crippen LogP contribution >= 0.6 is 11.3 Å². The van der Waals surface area contributed by atoms with Crippen LogP contribution in [0.25, 0.3) is 0 Å². The van der Waals surface area contributed by atoms with Crippen LogP contribution in [0.2, 0.25) is 0 Å². The van der Waals surface area contributed by atoms with E-state index in [1.54, 1.807) is 19.1 Å². The molecule has 1 aliphatic rings. The Labute approximate surface area is 201 Å². The first kappa shape index (κ1) is 25.6. The fraction of sp³-hybridized carbons (Fsp3) is 0.429. The summed E-state index contributed by atoms with van der Waals surface area (Å²) in [7, 11) is -4.41. The van der Waals surface area contributed by atoms with Crippen LogP contribution in [0.1, 0.15) is 36.0 Å². The van der Waals surface area contributed by atoms with Crippen molar-refractivity contribution in [2.45, 2.75) is 38.6 Å². The Hall–Kier alpha value is -3.03. The summed E-state index contributed by atoms with van der Waals surface area (Å²) in [6.45, 7) is 4.58. The van der Waals surface area contributed by atoms with Gasteiger partial charge in [-0.3, -0.25) is 23.7 Å². The van der Waals surface area contributed by atoms with Crippen LogP contribution < -0.4 is 10.5 Å². The van der Waals surface area contributed by atoms with Crippen LogP contribution in [0.4, 0.5) is 5.69 Å². The topological polar surface area (TPSA) is 163 Å². The van der Waals surface area contributed by atoms with Crippen molar-refractivity contribution in [1.29, 1.82) is 0 Å². The van der Waals surface area contributed by atoms with Gasteiger partial charge < -0.3 is 15.5 Å². The molecule has 1 aromatic carbocycles. The predicted octanol–water partition coefficient (Wildman–Crippen LogP) is 0.791. The lowest BCUT2D eigenvalue weighted by Crippen LogP contribution is -2.61. The number of piperazine rings is 1. The Balaban J connectivity index is 1.96. The zero-order chi connectivity index (χ0) is 25.0. The number of amides is 3. The maximum Gasteiger partial charge on any atom is 0.357 e. The number of nitrogens with one attached hydrogen (secondary N) is 1.